The third kappa shape index (κ3) is 7.62. The van der Waals surface area contributed by atoms with Crippen molar-refractivity contribution in [2.75, 3.05) is 6.54 Å². The van der Waals surface area contributed by atoms with Gasteiger partial charge >= 0.3 is 12.3 Å². The summed E-state index contributed by atoms with van der Waals surface area (Å²) < 4.78 is 66.5. The van der Waals surface area contributed by atoms with E-state index >= 15 is 0 Å². The number of nitrogens with zero attached hydrogens (tertiary/aromatic N) is 5. The average Bonchev–Trinajstić information content (AvgIpc) is 3.72. The zero-order valence-corrected chi connectivity index (χ0v) is 26.9. The monoisotopic (exact) mass is 679 g/mol. The van der Waals surface area contributed by atoms with Crippen LogP contribution in [0.3, 0.4) is 0 Å². The third-order valence-electron chi connectivity index (χ3n) is 7.87. The Hall–Kier alpha value is -5.57. The van der Waals surface area contributed by atoms with Crippen LogP contribution < -0.4 is 10.6 Å². The molecule has 3 aromatic heterocycles. The Bertz CT molecular complexity index is 1960. The molecule has 3 heterocycles. The van der Waals surface area contributed by atoms with E-state index in [9.17, 15) is 32.3 Å². The maximum atomic E-state index is 14.9. The first kappa shape index (κ1) is 34.8. The Kier molecular flexibility index (Phi) is 9.58. The summed E-state index contributed by atoms with van der Waals surface area (Å²) in [5.41, 5.74) is -4.63. The summed E-state index contributed by atoms with van der Waals surface area (Å²) in [6.07, 6.45) is -3.13. The van der Waals surface area contributed by atoms with E-state index in [-0.39, 0.29) is 34.9 Å². The van der Waals surface area contributed by atoms with Gasteiger partial charge in [0.05, 0.1) is 23.5 Å². The van der Waals surface area contributed by atoms with Crippen molar-refractivity contribution in [3.63, 3.8) is 0 Å². The van der Waals surface area contributed by atoms with Gasteiger partial charge in [-0.25, -0.2) is 18.9 Å². The van der Waals surface area contributed by atoms with Gasteiger partial charge in [-0.3, -0.25) is 9.48 Å². The first-order valence-electron chi connectivity index (χ1n) is 15.0. The second-order valence-electron chi connectivity index (χ2n) is 11.9. The number of carbonyl (C=O) groups excluding carboxylic acids is 2. The molecule has 0 aliphatic rings. The zero-order chi connectivity index (χ0) is 35.6. The highest BCUT2D eigenvalue weighted by atomic mass is 19.4. The number of alkyl halides is 3. The van der Waals surface area contributed by atoms with E-state index in [4.69, 9.17) is 4.74 Å². The first-order chi connectivity index (χ1) is 23.1. The Balaban J connectivity index is 1.50. The predicted octanol–water partition coefficient (Wildman–Crippen LogP) is 5.46. The van der Waals surface area contributed by atoms with Crippen LogP contribution in [0.1, 0.15) is 46.7 Å². The molecule has 2 amide bonds. The van der Waals surface area contributed by atoms with Gasteiger partial charge in [0.25, 0.3) is 5.91 Å². The average molecular weight is 680 g/mol. The number of rotatable bonds is 10. The highest BCUT2D eigenvalue weighted by Gasteiger charge is 2.57. The number of halogens is 4. The van der Waals surface area contributed by atoms with Crippen molar-refractivity contribution in [3.05, 3.63) is 119 Å². The van der Waals surface area contributed by atoms with Crippen LogP contribution in [0.25, 0.3) is 17.1 Å². The van der Waals surface area contributed by atoms with Crippen LogP contribution in [-0.2, 0) is 29.5 Å². The van der Waals surface area contributed by atoms with Crippen LogP contribution in [0.4, 0.5) is 22.4 Å². The van der Waals surface area contributed by atoms with Crippen molar-refractivity contribution in [1.29, 1.82) is 0 Å². The molecule has 2 aromatic carbocycles. The molecule has 256 valence electrons. The summed E-state index contributed by atoms with van der Waals surface area (Å²) in [5.74, 6) is -1.28. The molecule has 1 atom stereocenters. The zero-order valence-electron chi connectivity index (χ0n) is 26.9. The van der Waals surface area contributed by atoms with Gasteiger partial charge < -0.3 is 20.5 Å². The van der Waals surface area contributed by atoms with E-state index in [0.717, 1.165) is 17.7 Å². The fraction of sp³-hybridized carbons (Fsp3) is 0.265. The predicted molar refractivity (Wildman–Crippen MR) is 170 cm³/mol. The highest BCUT2D eigenvalue weighted by Crippen LogP contribution is 2.40. The molecule has 0 aliphatic heterocycles. The summed E-state index contributed by atoms with van der Waals surface area (Å²) in [5, 5.41) is 24.4. The maximum Gasteiger partial charge on any atom is 0.424 e. The van der Waals surface area contributed by atoms with Gasteiger partial charge in [0.1, 0.15) is 18.1 Å². The normalized spacial score (nSPS) is 13.1. The number of carbonyl (C=O) groups is 2. The largest absolute Gasteiger partial charge is 0.445 e. The number of hydrogen-bond donors (Lipinski definition) is 3. The van der Waals surface area contributed by atoms with Crippen molar-refractivity contribution in [1.82, 2.24) is 35.2 Å². The molecule has 5 rings (SSSR count). The van der Waals surface area contributed by atoms with Crippen molar-refractivity contribution in [2.45, 2.75) is 44.7 Å². The quantitative estimate of drug-likeness (QED) is 0.167. The third-order valence-corrected chi connectivity index (χ3v) is 7.87. The summed E-state index contributed by atoms with van der Waals surface area (Å²) in [4.78, 5) is 30.2. The van der Waals surface area contributed by atoms with Crippen LogP contribution in [0.2, 0.25) is 0 Å². The van der Waals surface area contributed by atoms with E-state index in [0.29, 0.717) is 5.56 Å². The van der Waals surface area contributed by atoms with E-state index in [1.54, 1.807) is 49.5 Å². The molecule has 0 bridgehead atoms. The molecular weight excluding hydrogens is 646 g/mol. The minimum absolute atomic E-state index is 0.0398. The number of hydrogen-bond acceptors (Lipinski definition) is 7. The Morgan fingerprint density at radius 3 is 2.39 bits per heavy atom. The lowest BCUT2D eigenvalue weighted by atomic mass is 9.88. The smallest absolute Gasteiger partial charge is 0.424 e. The Labute approximate surface area is 278 Å². The molecule has 0 fully saturated rings. The van der Waals surface area contributed by atoms with Crippen LogP contribution in [0.15, 0.2) is 85.2 Å². The van der Waals surface area contributed by atoms with Crippen LogP contribution in [0.5, 0.6) is 0 Å². The SMILES string of the molecule is Cc1cc(F)ccc1-c1cc(C(C)(C)NC(=O)OCc2ccccc2)cc(C(O)(CNC(=O)c2cc(-n3cccn3)nn2C)C(F)(F)F)n1. The van der Waals surface area contributed by atoms with Gasteiger partial charge in [0.15, 0.2) is 5.82 Å². The van der Waals surface area contributed by atoms with Crippen molar-refractivity contribution in [3.8, 4) is 17.1 Å². The molecular formula is C34H33F4N7O4. The molecule has 0 saturated heterocycles. The van der Waals surface area contributed by atoms with Crippen LogP contribution in [-0.4, -0.2) is 54.4 Å². The number of pyridine rings is 1. The maximum absolute atomic E-state index is 14.9. The molecule has 49 heavy (non-hydrogen) atoms. The second-order valence-corrected chi connectivity index (χ2v) is 11.9. The number of benzene rings is 2. The highest BCUT2D eigenvalue weighted by molar-refractivity contribution is 5.93. The molecule has 0 radical (unpaired) electrons. The van der Waals surface area contributed by atoms with Gasteiger partial charge in [-0.05, 0) is 73.9 Å². The lowest BCUT2D eigenvalue weighted by Gasteiger charge is -2.33. The summed E-state index contributed by atoms with van der Waals surface area (Å²) in [6, 6.07) is 17.9. The number of nitrogens with one attached hydrogen (secondary N) is 2. The number of amides is 2. The lowest BCUT2D eigenvalue weighted by molar-refractivity contribution is -0.265. The summed E-state index contributed by atoms with van der Waals surface area (Å²) in [7, 11) is 1.43. The Morgan fingerprint density at radius 2 is 1.73 bits per heavy atom. The lowest BCUT2D eigenvalue weighted by Crippen LogP contribution is -2.52. The van der Waals surface area contributed by atoms with Crippen molar-refractivity contribution >= 4 is 12.0 Å². The first-order valence-corrected chi connectivity index (χ1v) is 15.0. The topological polar surface area (TPSA) is 136 Å². The van der Waals surface area contributed by atoms with Gasteiger partial charge in [0, 0.05) is 31.1 Å². The van der Waals surface area contributed by atoms with Gasteiger partial charge in [-0.1, -0.05) is 30.3 Å². The van der Waals surface area contributed by atoms with Crippen LogP contribution in [0, 0.1) is 12.7 Å². The Morgan fingerprint density at radius 1 is 1.00 bits per heavy atom. The van der Waals surface area contributed by atoms with E-state index in [1.807, 2.05) is 0 Å². The molecule has 5 aromatic rings. The molecule has 15 heteroatoms. The fourth-order valence-electron chi connectivity index (χ4n) is 5.06. The number of alkyl carbamates (subject to hydrolysis) is 1. The number of aromatic nitrogens is 5. The molecule has 0 aliphatic carbocycles. The molecule has 11 nitrogen and oxygen atoms in total. The van der Waals surface area contributed by atoms with E-state index in [2.05, 4.69) is 25.8 Å². The number of ether oxygens (including phenoxy) is 1. The van der Waals surface area contributed by atoms with Crippen LogP contribution >= 0.6 is 0 Å². The standard InChI is InChI=1S/C34H33F4N7O4/c1-21-15-24(35)11-12-25(21)26-16-23(32(2,3)42-31(47)49-19-22-9-6-5-7-10-22)17-28(41-26)33(48,34(36,37)38)20-39-30(46)27-18-29(43-44(27)4)45-14-8-13-40-45/h5-18,48H,19-20H2,1-4H3,(H,39,46)(H,42,47). The van der Waals surface area contributed by atoms with E-state index in [1.165, 1.54) is 60.7 Å². The molecule has 0 spiro atoms. The van der Waals surface area contributed by atoms with Crippen molar-refractivity contribution < 1.29 is 37.0 Å². The summed E-state index contributed by atoms with van der Waals surface area (Å²) >= 11 is 0. The molecule has 0 saturated carbocycles. The molecule has 3 N–H and O–H groups in total. The fourth-order valence-corrected chi connectivity index (χ4v) is 5.06. The second kappa shape index (κ2) is 13.5. The number of aliphatic hydroxyl groups is 1. The minimum Gasteiger partial charge on any atom is -0.445 e. The summed E-state index contributed by atoms with van der Waals surface area (Å²) in [6.45, 7) is 3.23. The number of aryl methyl sites for hydroxylation is 2. The van der Waals surface area contributed by atoms with Gasteiger partial charge in [-0.2, -0.15) is 23.4 Å². The molecule has 1 unspecified atom stereocenters. The van der Waals surface area contributed by atoms with Crippen molar-refractivity contribution in [2.24, 2.45) is 7.05 Å². The van der Waals surface area contributed by atoms with E-state index < -0.39 is 47.4 Å². The van der Waals surface area contributed by atoms with Gasteiger partial charge in [0.2, 0.25) is 5.60 Å². The minimum atomic E-state index is -5.35. The van der Waals surface area contributed by atoms with Gasteiger partial charge in [-0.15, -0.1) is 0 Å².